The number of nitrogens with two attached hydrogens (primary N) is 1. The van der Waals surface area contributed by atoms with Crippen LogP contribution in [-0.2, 0) is 0 Å². The van der Waals surface area contributed by atoms with Gasteiger partial charge in [0.2, 0.25) is 0 Å². The van der Waals surface area contributed by atoms with Crippen molar-refractivity contribution in [3.63, 3.8) is 0 Å². The standard InChI is InChI=1S/C12H15ClFN3/c1-16-7-10(17-2)11(13)12(15)8-3-5-9(14)6-4-8/h3-6,16H,7,15H2,1-2H3. The van der Waals surface area contributed by atoms with Crippen molar-refractivity contribution in [3.8, 4) is 0 Å². The van der Waals surface area contributed by atoms with Crippen molar-refractivity contribution >= 4 is 23.0 Å². The van der Waals surface area contributed by atoms with Crippen molar-refractivity contribution in [2.45, 2.75) is 0 Å². The highest BCUT2D eigenvalue weighted by Crippen LogP contribution is 2.18. The molecule has 17 heavy (non-hydrogen) atoms. The molecule has 1 rings (SSSR count). The zero-order chi connectivity index (χ0) is 12.8. The van der Waals surface area contributed by atoms with E-state index in [4.69, 9.17) is 17.3 Å². The zero-order valence-electron chi connectivity index (χ0n) is 9.80. The number of nitrogens with zero attached hydrogens (tertiary/aromatic N) is 1. The first-order valence-corrected chi connectivity index (χ1v) is 5.49. The molecule has 0 radical (unpaired) electrons. The molecule has 0 aromatic heterocycles. The van der Waals surface area contributed by atoms with Crippen LogP contribution in [0.15, 0.2) is 34.3 Å². The summed E-state index contributed by atoms with van der Waals surface area (Å²) in [5.74, 6) is -0.308. The molecule has 0 spiro atoms. The molecule has 3 N–H and O–H groups in total. The van der Waals surface area contributed by atoms with Gasteiger partial charge in [-0.1, -0.05) is 11.6 Å². The van der Waals surface area contributed by atoms with E-state index in [-0.39, 0.29) is 5.82 Å². The van der Waals surface area contributed by atoms with Gasteiger partial charge in [-0.25, -0.2) is 4.39 Å². The largest absolute Gasteiger partial charge is 0.397 e. The maximum Gasteiger partial charge on any atom is 0.123 e. The van der Waals surface area contributed by atoms with Crippen LogP contribution in [0.5, 0.6) is 0 Å². The second-order valence-electron chi connectivity index (χ2n) is 3.44. The van der Waals surface area contributed by atoms with Crippen LogP contribution >= 0.6 is 11.6 Å². The van der Waals surface area contributed by atoms with Crippen molar-refractivity contribution in [2.75, 3.05) is 20.6 Å². The smallest absolute Gasteiger partial charge is 0.123 e. The zero-order valence-corrected chi connectivity index (χ0v) is 10.6. The van der Waals surface area contributed by atoms with Gasteiger partial charge in [-0.05, 0) is 36.9 Å². The van der Waals surface area contributed by atoms with E-state index in [1.54, 1.807) is 26.2 Å². The van der Waals surface area contributed by atoms with Crippen LogP contribution in [-0.4, -0.2) is 26.4 Å². The summed E-state index contributed by atoms with van der Waals surface area (Å²) in [5.41, 5.74) is 7.64. The third-order valence-corrected chi connectivity index (χ3v) is 2.68. The van der Waals surface area contributed by atoms with E-state index >= 15 is 0 Å². The summed E-state index contributed by atoms with van der Waals surface area (Å²) in [6.07, 6.45) is 0. The molecule has 0 heterocycles. The maximum absolute atomic E-state index is 12.8. The lowest BCUT2D eigenvalue weighted by molar-refractivity contribution is 0.627. The summed E-state index contributed by atoms with van der Waals surface area (Å²) < 4.78 is 12.8. The Bertz CT molecular complexity index is 438. The second-order valence-corrected chi connectivity index (χ2v) is 3.81. The predicted molar refractivity (Wildman–Crippen MR) is 70.6 cm³/mol. The number of benzene rings is 1. The van der Waals surface area contributed by atoms with Crippen molar-refractivity contribution in [2.24, 2.45) is 10.7 Å². The van der Waals surface area contributed by atoms with Gasteiger partial charge in [-0.3, -0.25) is 4.99 Å². The van der Waals surface area contributed by atoms with Gasteiger partial charge in [0.1, 0.15) is 5.82 Å². The van der Waals surface area contributed by atoms with E-state index in [0.717, 1.165) is 0 Å². The number of rotatable bonds is 4. The number of nitrogens with one attached hydrogen (secondary N) is 1. The number of hydrogen-bond acceptors (Lipinski definition) is 3. The highest BCUT2D eigenvalue weighted by atomic mass is 35.5. The van der Waals surface area contributed by atoms with Gasteiger partial charge in [-0.15, -0.1) is 0 Å². The van der Waals surface area contributed by atoms with Crippen LogP contribution in [0.3, 0.4) is 0 Å². The van der Waals surface area contributed by atoms with Crippen LogP contribution in [0.4, 0.5) is 4.39 Å². The summed E-state index contributed by atoms with van der Waals surface area (Å²) >= 11 is 6.14. The average molecular weight is 256 g/mol. The maximum atomic E-state index is 12.8. The van der Waals surface area contributed by atoms with E-state index in [0.29, 0.717) is 28.5 Å². The van der Waals surface area contributed by atoms with Crippen LogP contribution in [0.25, 0.3) is 5.70 Å². The fraction of sp³-hybridized carbons (Fsp3) is 0.250. The molecule has 0 aliphatic rings. The van der Waals surface area contributed by atoms with Gasteiger partial charge in [-0.2, -0.15) is 0 Å². The lowest BCUT2D eigenvalue weighted by atomic mass is 10.1. The summed E-state index contributed by atoms with van der Waals surface area (Å²) in [6, 6.07) is 5.85. The van der Waals surface area contributed by atoms with Crippen molar-refractivity contribution in [1.82, 2.24) is 5.32 Å². The molecule has 0 aliphatic carbocycles. The van der Waals surface area contributed by atoms with Crippen molar-refractivity contribution in [1.29, 1.82) is 0 Å². The molecule has 0 atom stereocenters. The lowest BCUT2D eigenvalue weighted by Crippen LogP contribution is -2.20. The summed E-state index contributed by atoms with van der Waals surface area (Å²) in [4.78, 5) is 4.05. The number of hydrogen-bond donors (Lipinski definition) is 2. The van der Waals surface area contributed by atoms with Gasteiger partial charge >= 0.3 is 0 Å². The summed E-state index contributed by atoms with van der Waals surface area (Å²) in [6.45, 7) is 0.525. The molecule has 0 aliphatic heterocycles. The Hall–Kier alpha value is -1.39. The molecule has 0 saturated heterocycles. The fourth-order valence-electron chi connectivity index (χ4n) is 1.33. The summed E-state index contributed by atoms with van der Waals surface area (Å²) in [5, 5.41) is 3.33. The predicted octanol–water partition coefficient (Wildman–Crippen LogP) is 1.98. The van der Waals surface area contributed by atoms with E-state index in [9.17, 15) is 4.39 Å². The molecule has 92 valence electrons. The SMILES string of the molecule is CN=C(CNC)C(Cl)=C(N)c1ccc(F)cc1. The molecular formula is C12H15ClFN3. The van der Waals surface area contributed by atoms with E-state index in [1.165, 1.54) is 12.1 Å². The minimum atomic E-state index is -0.308. The van der Waals surface area contributed by atoms with Gasteiger partial charge in [0.25, 0.3) is 0 Å². The molecule has 0 amide bonds. The molecule has 1 aromatic carbocycles. The Morgan fingerprint density at radius 2 is 2.00 bits per heavy atom. The number of aliphatic imine (C=N–C) groups is 1. The fourth-order valence-corrected chi connectivity index (χ4v) is 1.59. The van der Waals surface area contributed by atoms with Crippen LogP contribution in [0.2, 0.25) is 0 Å². The topological polar surface area (TPSA) is 50.4 Å². The Balaban J connectivity index is 3.07. The first-order valence-electron chi connectivity index (χ1n) is 5.12. The first-order chi connectivity index (χ1) is 8.10. The van der Waals surface area contributed by atoms with Crippen LogP contribution in [0, 0.1) is 5.82 Å². The molecule has 0 saturated carbocycles. The molecule has 1 aromatic rings. The van der Waals surface area contributed by atoms with E-state index in [2.05, 4.69) is 10.3 Å². The van der Waals surface area contributed by atoms with Gasteiger partial charge in [0.05, 0.1) is 16.4 Å². The highest BCUT2D eigenvalue weighted by Gasteiger charge is 2.09. The van der Waals surface area contributed by atoms with Crippen LogP contribution < -0.4 is 11.1 Å². The monoisotopic (exact) mass is 255 g/mol. The Labute approximate surface area is 105 Å². The van der Waals surface area contributed by atoms with Crippen molar-refractivity contribution < 1.29 is 4.39 Å². The molecule has 0 unspecified atom stereocenters. The quantitative estimate of drug-likeness (QED) is 0.809. The first kappa shape index (κ1) is 13.7. The highest BCUT2D eigenvalue weighted by molar-refractivity contribution is 6.46. The third kappa shape index (κ3) is 3.54. The molecule has 0 bridgehead atoms. The Morgan fingerprint density at radius 1 is 1.41 bits per heavy atom. The normalized spacial score (nSPS) is 13.5. The minimum Gasteiger partial charge on any atom is -0.397 e. The van der Waals surface area contributed by atoms with E-state index in [1.807, 2.05) is 0 Å². The Kier molecular flexibility index (Phi) is 5.12. The van der Waals surface area contributed by atoms with Gasteiger partial charge < -0.3 is 11.1 Å². The Morgan fingerprint density at radius 3 is 2.47 bits per heavy atom. The molecule has 5 heteroatoms. The average Bonchev–Trinajstić information content (AvgIpc) is 2.35. The van der Waals surface area contributed by atoms with Gasteiger partial charge in [0, 0.05) is 13.6 Å². The van der Waals surface area contributed by atoms with Gasteiger partial charge in [0.15, 0.2) is 0 Å². The lowest BCUT2D eigenvalue weighted by Gasteiger charge is -2.08. The number of halogens is 2. The second kappa shape index (κ2) is 6.37. The van der Waals surface area contributed by atoms with E-state index < -0.39 is 0 Å². The molecule has 3 nitrogen and oxygen atoms in total. The third-order valence-electron chi connectivity index (χ3n) is 2.26. The summed E-state index contributed by atoms with van der Waals surface area (Å²) in [7, 11) is 3.44. The van der Waals surface area contributed by atoms with Crippen LogP contribution in [0.1, 0.15) is 5.56 Å². The molecular weight excluding hydrogens is 241 g/mol. The van der Waals surface area contributed by atoms with Crippen molar-refractivity contribution in [3.05, 3.63) is 40.7 Å². The minimum absolute atomic E-state index is 0.308. The molecule has 0 fully saturated rings.